The molecule has 1 aliphatic heterocycles. The van der Waals surface area contributed by atoms with Gasteiger partial charge in [0.05, 0.1) is 6.61 Å². The van der Waals surface area contributed by atoms with Crippen molar-refractivity contribution in [3.63, 3.8) is 0 Å². The Morgan fingerprint density at radius 1 is 1.41 bits per heavy atom. The summed E-state index contributed by atoms with van der Waals surface area (Å²) in [7, 11) is 0. The third kappa shape index (κ3) is 3.54. The van der Waals surface area contributed by atoms with E-state index in [0.717, 1.165) is 32.6 Å². The fourth-order valence-electron chi connectivity index (χ4n) is 2.48. The van der Waals surface area contributed by atoms with Crippen molar-refractivity contribution in [2.45, 2.75) is 25.8 Å². The fraction of sp³-hybridized carbons (Fsp3) is 0.571. The van der Waals surface area contributed by atoms with Crippen LogP contribution in [0.4, 0.5) is 0 Å². The lowest BCUT2D eigenvalue weighted by molar-refractivity contribution is 0.0326. The van der Waals surface area contributed by atoms with Crippen LogP contribution in [0.3, 0.4) is 0 Å². The second-order valence-corrected chi connectivity index (χ2v) is 5.44. The first-order valence-electron chi connectivity index (χ1n) is 6.35. The largest absolute Gasteiger partial charge is 0.381 e. The fourth-order valence-corrected chi connectivity index (χ4v) is 2.92. The van der Waals surface area contributed by atoms with Crippen LogP contribution in [0.25, 0.3) is 0 Å². The molecule has 0 amide bonds. The minimum Gasteiger partial charge on any atom is -0.381 e. The normalized spacial score (nSPS) is 24.8. The summed E-state index contributed by atoms with van der Waals surface area (Å²) in [6.45, 7) is 4.98. The van der Waals surface area contributed by atoms with Gasteiger partial charge in [-0.2, -0.15) is 0 Å². The first kappa shape index (κ1) is 13.1. The third-order valence-corrected chi connectivity index (χ3v) is 4.15. The lowest BCUT2D eigenvalue weighted by Gasteiger charge is -2.32. The molecule has 1 N–H and O–H groups in total. The van der Waals surface area contributed by atoms with E-state index in [1.807, 2.05) is 0 Å². The maximum Gasteiger partial charge on any atom is 0.0512 e. The van der Waals surface area contributed by atoms with Gasteiger partial charge in [0, 0.05) is 23.0 Å². The van der Waals surface area contributed by atoms with Gasteiger partial charge in [-0.1, -0.05) is 41.1 Å². The van der Waals surface area contributed by atoms with E-state index in [-0.39, 0.29) is 0 Å². The van der Waals surface area contributed by atoms with Crippen molar-refractivity contribution in [2.24, 2.45) is 5.92 Å². The van der Waals surface area contributed by atoms with Gasteiger partial charge in [0.1, 0.15) is 0 Å². The highest BCUT2D eigenvalue weighted by molar-refractivity contribution is 9.10. The van der Waals surface area contributed by atoms with Gasteiger partial charge in [-0.3, -0.25) is 0 Å². The number of halogens is 1. The average Bonchev–Trinajstić information content (AvgIpc) is 2.35. The average molecular weight is 298 g/mol. The number of ether oxygens (including phenoxy) is 1. The summed E-state index contributed by atoms with van der Waals surface area (Å²) in [6.07, 6.45) is 2.21. The first-order valence-corrected chi connectivity index (χ1v) is 7.15. The molecular formula is C14H20BrNO. The van der Waals surface area contributed by atoms with Crippen LogP contribution in [0.1, 0.15) is 18.9 Å². The molecule has 94 valence electrons. The zero-order chi connectivity index (χ0) is 12.1. The Morgan fingerprint density at radius 2 is 2.24 bits per heavy atom. The van der Waals surface area contributed by atoms with E-state index in [2.05, 4.69) is 52.4 Å². The van der Waals surface area contributed by atoms with E-state index in [4.69, 9.17) is 4.74 Å². The molecule has 0 aromatic heterocycles. The van der Waals surface area contributed by atoms with Gasteiger partial charge in [-0.15, -0.1) is 0 Å². The summed E-state index contributed by atoms with van der Waals surface area (Å²) < 4.78 is 6.82. The van der Waals surface area contributed by atoms with Gasteiger partial charge in [0.25, 0.3) is 0 Å². The van der Waals surface area contributed by atoms with Gasteiger partial charge in [-0.05, 0) is 31.0 Å². The van der Waals surface area contributed by atoms with Crippen LogP contribution >= 0.6 is 15.9 Å². The van der Waals surface area contributed by atoms with E-state index in [0.29, 0.717) is 12.0 Å². The molecule has 0 bridgehead atoms. The summed E-state index contributed by atoms with van der Waals surface area (Å²) in [5.41, 5.74) is 1.38. The monoisotopic (exact) mass is 297 g/mol. The van der Waals surface area contributed by atoms with Crippen LogP contribution in [0.2, 0.25) is 0 Å². The molecule has 0 spiro atoms. The predicted octanol–water partition coefficient (Wildman–Crippen LogP) is 3.01. The predicted molar refractivity (Wildman–Crippen MR) is 74.2 cm³/mol. The standard InChI is InChI=1S/C14H20BrNO/c1-2-16-14-7-8-17-10-12(14)9-11-5-3-4-6-13(11)15/h3-6,12,14,16H,2,7-10H2,1H3. The quantitative estimate of drug-likeness (QED) is 0.922. The maximum atomic E-state index is 5.62. The number of hydrogen-bond acceptors (Lipinski definition) is 2. The van der Waals surface area contributed by atoms with E-state index in [1.165, 1.54) is 10.0 Å². The second kappa shape index (κ2) is 6.53. The van der Waals surface area contributed by atoms with Gasteiger partial charge in [0.2, 0.25) is 0 Å². The lowest BCUT2D eigenvalue weighted by Crippen LogP contribution is -2.43. The Hall–Kier alpha value is -0.380. The molecule has 1 saturated heterocycles. The van der Waals surface area contributed by atoms with Crippen LogP contribution in [-0.4, -0.2) is 25.8 Å². The second-order valence-electron chi connectivity index (χ2n) is 4.58. The SMILES string of the molecule is CCNC1CCOCC1Cc1ccccc1Br. The van der Waals surface area contributed by atoms with Crippen LogP contribution in [0.5, 0.6) is 0 Å². The van der Waals surface area contributed by atoms with Gasteiger partial charge < -0.3 is 10.1 Å². The number of benzene rings is 1. The van der Waals surface area contributed by atoms with E-state index in [9.17, 15) is 0 Å². The van der Waals surface area contributed by atoms with Crippen molar-refractivity contribution < 1.29 is 4.74 Å². The zero-order valence-corrected chi connectivity index (χ0v) is 11.9. The van der Waals surface area contributed by atoms with Crippen LogP contribution < -0.4 is 5.32 Å². The number of hydrogen-bond donors (Lipinski definition) is 1. The molecule has 1 aromatic carbocycles. The highest BCUT2D eigenvalue weighted by Gasteiger charge is 2.25. The van der Waals surface area contributed by atoms with Crippen LogP contribution in [-0.2, 0) is 11.2 Å². The Labute approximate surface area is 112 Å². The van der Waals surface area contributed by atoms with E-state index in [1.54, 1.807) is 0 Å². The molecule has 2 unspecified atom stereocenters. The van der Waals surface area contributed by atoms with Gasteiger partial charge in [-0.25, -0.2) is 0 Å². The summed E-state index contributed by atoms with van der Waals surface area (Å²) in [5.74, 6) is 0.586. The van der Waals surface area contributed by atoms with Crippen molar-refractivity contribution in [1.82, 2.24) is 5.32 Å². The molecule has 2 rings (SSSR count). The molecule has 1 heterocycles. The highest BCUT2D eigenvalue weighted by Crippen LogP contribution is 2.24. The maximum absolute atomic E-state index is 5.62. The minimum absolute atomic E-state index is 0.586. The van der Waals surface area contributed by atoms with Gasteiger partial charge in [0.15, 0.2) is 0 Å². The van der Waals surface area contributed by atoms with Crippen LogP contribution in [0.15, 0.2) is 28.7 Å². The third-order valence-electron chi connectivity index (χ3n) is 3.38. The molecule has 0 radical (unpaired) electrons. The molecular weight excluding hydrogens is 278 g/mol. The smallest absolute Gasteiger partial charge is 0.0512 e. The Kier molecular flexibility index (Phi) is 5.01. The molecule has 1 aromatic rings. The van der Waals surface area contributed by atoms with Gasteiger partial charge >= 0.3 is 0 Å². The number of nitrogens with one attached hydrogen (secondary N) is 1. The summed E-state index contributed by atoms with van der Waals surface area (Å²) >= 11 is 3.62. The lowest BCUT2D eigenvalue weighted by atomic mass is 9.89. The van der Waals surface area contributed by atoms with Crippen LogP contribution in [0, 0.1) is 5.92 Å². The van der Waals surface area contributed by atoms with Crippen molar-refractivity contribution in [3.8, 4) is 0 Å². The first-order chi connectivity index (χ1) is 8.31. The summed E-state index contributed by atoms with van der Waals surface area (Å²) in [5, 5.41) is 3.58. The molecule has 17 heavy (non-hydrogen) atoms. The van der Waals surface area contributed by atoms with E-state index >= 15 is 0 Å². The molecule has 3 heteroatoms. The summed E-state index contributed by atoms with van der Waals surface area (Å²) in [6, 6.07) is 9.07. The highest BCUT2D eigenvalue weighted by atomic mass is 79.9. The zero-order valence-electron chi connectivity index (χ0n) is 10.3. The molecule has 2 atom stereocenters. The Balaban J connectivity index is 2.03. The number of rotatable bonds is 4. The Bertz CT molecular complexity index is 354. The van der Waals surface area contributed by atoms with Crippen molar-refractivity contribution in [3.05, 3.63) is 34.3 Å². The Morgan fingerprint density at radius 3 is 3.00 bits per heavy atom. The van der Waals surface area contributed by atoms with Crippen molar-refractivity contribution >= 4 is 15.9 Å². The summed E-state index contributed by atoms with van der Waals surface area (Å²) in [4.78, 5) is 0. The van der Waals surface area contributed by atoms with Crippen molar-refractivity contribution in [1.29, 1.82) is 0 Å². The molecule has 0 saturated carbocycles. The van der Waals surface area contributed by atoms with E-state index < -0.39 is 0 Å². The topological polar surface area (TPSA) is 21.3 Å². The van der Waals surface area contributed by atoms with Crippen molar-refractivity contribution in [2.75, 3.05) is 19.8 Å². The molecule has 1 fully saturated rings. The minimum atomic E-state index is 0.586. The molecule has 0 aliphatic carbocycles. The molecule has 1 aliphatic rings. The molecule has 2 nitrogen and oxygen atoms in total.